The zero-order valence-corrected chi connectivity index (χ0v) is 30.4. The Labute approximate surface area is 279 Å². The van der Waals surface area contributed by atoms with Crippen LogP contribution in [0.4, 0.5) is 0 Å². The summed E-state index contributed by atoms with van der Waals surface area (Å²) in [6.07, 6.45) is 4.16. The summed E-state index contributed by atoms with van der Waals surface area (Å²) in [4.78, 5) is 12.5. The number of rotatable bonds is 23. The summed E-state index contributed by atoms with van der Waals surface area (Å²) >= 11 is 0. The van der Waals surface area contributed by atoms with Crippen molar-refractivity contribution in [2.75, 3.05) is 46.2 Å². The molecule has 2 aliphatic rings. The van der Waals surface area contributed by atoms with Crippen molar-refractivity contribution >= 4 is 5.97 Å². The lowest BCUT2D eigenvalue weighted by atomic mass is 9.97. The van der Waals surface area contributed by atoms with Gasteiger partial charge < -0.3 is 48.4 Å². The molecule has 2 saturated heterocycles. The Morgan fingerprint density at radius 3 is 1.85 bits per heavy atom. The van der Waals surface area contributed by atoms with Crippen LogP contribution >= 0.6 is 0 Å². The molecule has 0 amide bonds. The minimum absolute atomic E-state index is 0.0296. The third-order valence-corrected chi connectivity index (χ3v) is 8.03. The fraction of sp³-hybridized carbons (Fsp3) is 0.971. The van der Waals surface area contributed by atoms with E-state index in [9.17, 15) is 4.79 Å². The van der Waals surface area contributed by atoms with Crippen LogP contribution in [0, 0.1) is 5.41 Å². The van der Waals surface area contributed by atoms with Crippen molar-refractivity contribution in [3.63, 3.8) is 0 Å². The van der Waals surface area contributed by atoms with Crippen molar-refractivity contribution in [1.29, 1.82) is 0 Å². The van der Waals surface area contributed by atoms with E-state index >= 15 is 0 Å². The third kappa shape index (κ3) is 13.9. The molecule has 8 atom stereocenters. The Kier molecular flexibility index (Phi) is 19.1. The van der Waals surface area contributed by atoms with Gasteiger partial charge in [-0.25, -0.2) is 0 Å². The summed E-state index contributed by atoms with van der Waals surface area (Å²) in [7, 11) is 0. The van der Waals surface area contributed by atoms with Crippen LogP contribution in [0.3, 0.4) is 0 Å². The van der Waals surface area contributed by atoms with Crippen molar-refractivity contribution in [2.24, 2.45) is 11.1 Å². The van der Waals surface area contributed by atoms with Gasteiger partial charge in [0, 0.05) is 26.4 Å². The van der Waals surface area contributed by atoms with E-state index in [4.69, 9.17) is 48.4 Å². The first-order valence-electron chi connectivity index (χ1n) is 17.9. The van der Waals surface area contributed by atoms with Crippen LogP contribution in [0.25, 0.3) is 0 Å². The summed E-state index contributed by atoms with van der Waals surface area (Å²) in [5, 5.41) is 0. The van der Waals surface area contributed by atoms with Gasteiger partial charge in [-0.2, -0.15) is 0 Å². The fourth-order valence-corrected chi connectivity index (χ4v) is 5.28. The Hall–Kier alpha value is -0.890. The second-order valence-electron chi connectivity index (χ2n) is 14.0. The summed E-state index contributed by atoms with van der Waals surface area (Å²) in [6, 6.07) is -0.600. The molecule has 2 N–H and O–H groups in total. The number of unbranched alkanes of at least 4 members (excludes halogenated alkanes) is 4. The van der Waals surface area contributed by atoms with Crippen molar-refractivity contribution in [3.8, 4) is 0 Å². The number of nitrogens with two attached hydrogens (primary N) is 1. The normalized spacial score (nSPS) is 28.8. The van der Waals surface area contributed by atoms with Gasteiger partial charge in [0.15, 0.2) is 12.1 Å². The molecule has 2 rings (SSSR count). The van der Waals surface area contributed by atoms with E-state index < -0.39 is 54.1 Å². The quantitative estimate of drug-likeness (QED) is 0.110. The molecule has 0 bridgehead atoms. The molecule has 2 aliphatic heterocycles. The van der Waals surface area contributed by atoms with Gasteiger partial charge in [-0.1, -0.05) is 53.4 Å². The molecule has 272 valence electrons. The van der Waals surface area contributed by atoms with E-state index in [2.05, 4.69) is 27.7 Å². The number of carbonyl (C=O) groups is 1. The second kappa shape index (κ2) is 21.3. The van der Waals surface area contributed by atoms with Gasteiger partial charge in [-0.15, -0.1) is 0 Å². The van der Waals surface area contributed by atoms with Gasteiger partial charge in [0.1, 0.15) is 43.2 Å². The van der Waals surface area contributed by atoms with E-state index in [0.29, 0.717) is 33.0 Å². The third-order valence-electron chi connectivity index (χ3n) is 8.03. The SMILES string of the molecule is CCCCOCC1OC(OC[C@H](N)[C@@H]2OC(C)(C)O[C@@H]2COC(=O)C(C)(C)C)C(OCCCC)C(OCCCC)C1OCCCC. The zero-order chi connectivity index (χ0) is 34.2. The molecule has 46 heavy (non-hydrogen) atoms. The first-order chi connectivity index (χ1) is 21.9. The zero-order valence-electron chi connectivity index (χ0n) is 30.4. The fourth-order valence-electron chi connectivity index (χ4n) is 5.28. The lowest BCUT2D eigenvalue weighted by Crippen LogP contribution is -2.62. The van der Waals surface area contributed by atoms with Crippen LogP contribution in [0.15, 0.2) is 0 Å². The Balaban J connectivity index is 2.26. The van der Waals surface area contributed by atoms with Crippen LogP contribution in [-0.2, 0) is 47.4 Å². The molecule has 0 spiro atoms. The second-order valence-corrected chi connectivity index (χ2v) is 14.0. The summed E-state index contributed by atoms with van der Waals surface area (Å²) < 4.78 is 56.5. The summed E-state index contributed by atoms with van der Waals surface area (Å²) in [5.41, 5.74) is 6.08. The molecule has 2 fully saturated rings. The predicted molar refractivity (Wildman–Crippen MR) is 176 cm³/mol. The van der Waals surface area contributed by atoms with Crippen molar-refractivity contribution < 1.29 is 47.4 Å². The molecule has 0 aromatic carbocycles. The molecule has 0 aromatic rings. The first kappa shape index (κ1) is 41.3. The smallest absolute Gasteiger partial charge is 0.311 e. The molecule has 11 nitrogen and oxygen atoms in total. The largest absolute Gasteiger partial charge is 0.462 e. The highest BCUT2D eigenvalue weighted by atomic mass is 16.8. The molecule has 0 aliphatic carbocycles. The van der Waals surface area contributed by atoms with E-state index in [0.717, 1.165) is 51.4 Å². The van der Waals surface area contributed by atoms with Gasteiger partial charge in [0.25, 0.3) is 0 Å². The van der Waals surface area contributed by atoms with Crippen molar-refractivity contribution in [1.82, 2.24) is 0 Å². The predicted octanol–water partition coefficient (Wildman–Crippen LogP) is 5.54. The van der Waals surface area contributed by atoms with Gasteiger partial charge in [-0.3, -0.25) is 4.79 Å². The van der Waals surface area contributed by atoms with Gasteiger partial charge >= 0.3 is 5.97 Å². The van der Waals surface area contributed by atoms with Crippen molar-refractivity contribution in [3.05, 3.63) is 0 Å². The minimum atomic E-state index is -0.892. The molecular formula is C35H67NO10. The molecule has 0 saturated carbocycles. The van der Waals surface area contributed by atoms with E-state index in [1.165, 1.54) is 0 Å². The van der Waals surface area contributed by atoms with Gasteiger partial charge in [0.2, 0.25) is 0 Å². The van der Waals surface area contributed by atoms with Gasteiger partial charge in [-0.05, 0) is 60.3 Å². The number of hydrogen-bond donors (Lipinski definition) is 1. The maximum atomic E-state index is 12.5. The Bertz CT molecular complexity index is 822. The Morgan fingerprint density at radius 1 is 0.739 bits per heavy atom. The van der Waals surface area contributed by atoms with E-state index in [-0.39, 0.29) is 25.3 Å². The van der Waals surface area contributed by atoms with E-state index in [1.807, 2.05) is 34.6 Å². The average Bonchev–Trinajstić information content (AvgIpc) is 3.32. The van der Waals surface area contributed by atoms with Crippen LogP contribution < -0.4 is 5.73 Å². The summed E-state index contributed by atoms with van der Waals surface area (Å²) in [5.74, 6) is -1.21. The number of hydrogen-bond acceptors (Lipinski definition) is 11. The summed E-state index contributed by atoms with van der Waals surface area (Å²) in [6.45, 7) is 20.5. The minimum Gasteiger partial charge on any atom is -0.462 e. The van der Waals surface area contributed by atoms with E-state index in [1.54, 1.807) is 0 Å². The van der Waals surface area contributed by atoms with Gasteiger partial charge in [0.05, 0.1) is 24.7 Å². The highest BCUT2D eigenvalue weighted by Gasteiger charge is 2.50. The standard InChI is InChI=1S/C35H67NO10/c1-10-14-18-38-23-26-29(39-19-15-11-2)30(40-20-16-12-3)31(41-21-17-13-4)32(44-26)42-22-25(36)28-27(45-35(8,9)46-28)24-43-33(37)34(5,6)7/h25-32H,10-24,36H2,1-9H3/t25-,26?,27+,28-,29?,30?,31?,32?/m0/s1. The molecular weight excluding hydrogens is 594 g/mol. The van der Waals surface area contributed by atoms with Crippen LogP contribution in [0.1, 0.15) is 114 Å². The highest BCUT2D eigenvalue weighted by Crippen LogP contribution is 2.33. The maximum absolute atomic E-state index is 12.5. The molecule has 5 unspecified atom stereocenters. The van der Waals surface area contributed by atoms with Crippen molar-refractivity contribution in [2.45, 2.75) is 168 Å². The molecule has 2 heterocycles. The van der Waals surface area contributed by atoms with Crippen LogP contribution in [0.2, 0.25) is 0 Å². The molecule has 11 heteroatoms. The number of esters is 1. The average molecular weight is 662 g/mol. The van der Waals surface area contributed by atoms with Crippen LogP contribution in [-0.4, -0.2) is 107 Å². The maximum Gasteiger partial charge on any atom is 0.311 e. The monoisotopic (exact) mass is 661 g/mol. The molecule has 0 radical (unpaired) electrons. The number of ether oxygens (including phenoxy) is 9. The lowest BCUT2D eigenvalue weighted by molar-refractivity contribution is -0.325. The number of carbonyl (C=O) groups excluding carboxylic acids is 1. The topological polar surface area (TPSA) is 126 Å². The molecule has 0 aromatic heterocycles. The van der Waals surface area contributed by atoms with Crippen LogP contribution in [0.5, 0.6) is 0 Å². The Morgan fingerprint density at radius 2 is 1.28 bits per heavy atom. The first-order valence-corrected chi connectivity index (χ1v) is 17.9. The lowest BCUT2D eigenvalue weighted by Gasteiger charge is -2.46. The highest BCUT2D eigenvalue weighted by molar-refractivity contribution is 5.75.